The normalized spacial score (nSPS) is 18.4. The molecule has 3 aromatic carbocycles. The Balaban J connectivity index is 1.69. The molecule has 1 aliphatic rings. The standard InChI is InChI=1S/C24H19ClN2O3/c25-20-14-8-7-13-19(20)21(28)16-27-22(29)24(26-23(27)30,18-11-5-2-6-12-18)15-17-9-3-1-4-10-17/h1-14H,15-16H2,(H,26,30)/t24-/m1/s1. The Morgan fingerprint density at radius 2 is 1.47 bits per heavy atom. The van der Waals surface area contributed by atoms with Gasteiger partial charge in [-0.25, -0.2) is 4.79 Å². The predicted octanol–water partition coefficient (Wildman–Crippen LogP) is 4.21. The summed E-state index contributed by atoms with van der Waals surface area (Å²) >= 11 is 6.11. The lowest BCUT2D eigenvalue weighted by atomic mass is 9.83. The van der Waals surface area contributed by atoms with Gasteiger partial charge in [-0.15, -0.1) is 0 Å². The van der Waals surface area contributed by atoms with Crippen LogP contribution in [0.15, 0.2) is 84.9 Å². The summed E-state index contributed by atoms with van der Waals surface area (Å²) in [5.41, 5.74) is 0.565. The van der Waals surface area contributed by atoms with Crippen LogP contribution in [0.4, 0.5) is 4.79 Å². The minimum atomic E-state index is -1.28. The largest absolute Gasteiger partial charge is 0.325 e. The zero-order valence-electron chi connectivity index (χ0n) is 16.0. The highest BCUT2D eigenvalue weighted by atomic mass is 35.5. The van der Waals surface area contributed by atoms with Gasteiger partial charge < -0.3 is 5.32 Å². The van der Waals surface area contributed by atoms with E-state index in [2.05, 4.69) is 5.32 Å². The van der Waals surface area contributed by atoms with E-state index >= 15 is 0 Å². The smallest absolute Gasteiger partial charge is 0.319 e. The van der Waals surface area contributed by atoms with E-state index in [0.29, 0.717) is 5.56 Å². The Labute approximate surface area is 179 Å². The lowest BCUT2D eigenvalue weighted by Gasteiger charge is -2.27. The van der Waals surface area contributed by atoms with Crippen LogP contribution in [0.5, 0.6) is 0 Å². The van der Waals surface area contributed by atoms with Crippen LogP contribution in [0.1, 0.15) is 21.5 Å². The Bertz CT molecular complexity index is 1100. The summed E-state index contributed by atoms with van der Waals surface area (Å²) in [5, 5.41) is 3.14. The molecule has 0 aliphatic carbocycles. The van der Waals surface area contributed by atoms with Gasteiger partial charge in [0.2, 0.25) is 0 Å². The minimum Gasteiger partial charge on any atom is -0.319 e. The van der Waals surface area contributed by atoms with E-state index in [1.807, 2.05) is 48.5 Å². The molecule has 3 aromatic rings. The fourth-order valence-electron chi connectivity index (χ4n) is 3.73. The number of rotatable bonds is 6. The van der Waals surface area contributed by atoms with Gasteiger partial charge in [0.15, 0.2) is 11.3 Å². The summed E-state index contributed by atoms with van der Waals surface area (Å²) in [6, 6.07) is 24.6. The Kier molecular flexibility index (Phi) is 5.38. The molecule has 3 amide bonds. The number of urea groups is 1. The number of nitrogens with zero attached hydrogens (tertiary/aromatic N) is 1. The monoisotopic (exact) mass is 418 g/mol. The van der Waals surface area contributed by atoms with Crippen LogP contribution < -0.4 is 5.32 Å². The molecule has 0 saturated carbocycles. The first kappa shape index (κ1) is 19.9. The fourth-order valence-corrected chi connectivity index (χ4v) is 3.97. The lowest BCUT2D eigenvalue weighted by molar-refractivity contribution is -0.131. The summed E-state index contributed by atoms with van der Waals surface area (Å²) in [4.78, 5) is 40.1. The average molecular weight is 419 g/mol. The van der Waals surface area contributed by atoms with Crippen molar-refractivity contribution in [1.82, 2.24) is 10.2 Å². The van der Waals surface area contributed by atoms with Crippen LogP contribution in [0.2, 0.25) is 5.02 Å². The summed E-state index contributed by atoms with van der Waals surface area (Å²) in [5.74, 6) is -0.851. The number of Topliss-reactive ketones (excluding diaryl/α,β-unsaturated/α-hetero) is 1. The van der Waals surface area contributed by atoms with Crippen molar-refractivity contribution in [3.63, 3.8) is 0 Å². The number of carbonyl (C=O) groups excluding carboxylic acids is 3. The molecule has 1 N–H and O–H groups in total. The van der Waals surface area contributed by atoms with Crippen LogP contribution in [-0.4, -0.2) is 29.2 Å². The Hall–Kier alpha value is -3.44. The lowest BCUT2D eigenvalue weighted by Crippen LogP contribution is -2.46. The first-order chi connectivity index (χ1) is 14.5. The molecular formula is C24H19ClN2O3. The van der Waals surface area contributed by atoms with Crippen molar-refractivity contribution in [3.8, 4) is 0 Å². The van der Waals surface area contributed by atoms with Crippen LogP contribution in [0, 0.1) is 0 Å². The first-order valence-corrected chi connectivity index (χ1v) is 9.90. The number of amides is 3. The van der Waals surface area contributed by atoms with E-state index in [-0.39, 0.29) is 23.6 Å². The van der Waals surface area contributed by atoms with Gasteiger partial charge in [-0.2, -0.15) is 0 Å². The van der Waals surface area contributed by atoms with Crippen LogP contribution >= 0.6 is 11.6 Å². The maximum absolute atomic E-state index is 13.6. The topological polar surface area (TPSA) is 66.5 Å². The van der Waals surface area contributed by atoms with Crippen LogP contribution in [0.25, 0.3) is 0 Å². The quantitative estimate of drug-likeness (QED) is 0.481. The second kappa shape index (κ2) is 8.13. The molecule has 0 aromatic heterocycles. The molecule has 1 heterocycles. The maximum atomic E-state index is 13.6. The van der Waals surface area contributed by atoms with Gasteiger partial charge in [-0.1, -0.05) is 84.4 Å². The highest BCUT2D eigenvalue weighted by Gasteiger charge is 2.52. The molecule has 5 nitrogen and oxygen atoms in total. The van der Waals surface area contributed by atoms with Gasteiger partial charge in [0.05, 0.1) is 11.6 Å². The molecule has 1 fully saturated rings. The average Bonchev–Trinajstić information content (AvgIpc) is 3.00. The van der Waals surface area contributed by atoms with E-state index in [0.717, 1.165) is 10.5 Å². The molecular weight excluding hydrogens is 400 g/mol. The molecule has 4 rings (SSSR count). The summed E-state index contributed by atoms with van der Waals surface area (Å²) < 4.78 is 0. The first-order valence-electron chi connectivity index (χ1n) is 9.52. The molecule has 6 heteroatoms. The van der Waals surface area contributed by atoms with E-state index < -0.39 is 23.3 Å². The Morgan fingerprint density at radius 1 is 0.867 bits per heavy atom. The number of hydrogen-bond donors (Lipinski definition) is 1. The second-order valence-electron chi connectivity index (χ2n) is 7.16. The van der Waals surface area contributed by atoms with Crippen molar-refractivity contribution in [3.05, 3.63) is 107 Å². The van der Waals surface area contributed by atoms with Gasteiger partial charge in [0.25, 0.3) is 5.91 Å². The van der Waals surface area contributed by atoms with Crippen molar-refractivity contribution in [1.29, 1.82) is 0 Å². The van der Waals surface area contributed by atoms with Gasteiger partial charge in [-0.05, 0) is 23.3 Å². The predicted molar refractivity (Wildman–Crippen MR) is 114 cm³/mol. The molecule has 1 atom stereocenters. The molecule has 0 radical (unpaired) electrons. The van der Waals surface area contributed by atoms with Crippen molar-refractivity contribution in [2.24, 2.45) is 0 Å². The summed E-state index contributed by atoms with van der Waals surface area (Å²) in [7, 11) is 0. The molecule has 0 spiro atoms. The van der Waals surface area contributed by atoms with Crippen LogP contribution in [-0.2, 0) is 16.8 Å². The van der Waals surface area contributed by atoms with E-state index in [9.17, 15) is 14.4 Å². The number of imide groups is 1. The molecule has 0 unspecified atom stereocenters. The third-order valence-corrected chi connectivity index (χ3v) is 5.56. The number of carbonyl (C=O) groups is 3. The number of benzene rings is 3. The highest BCUT2D eigenvalue weighted by Crippen LogP contribution is 2.33. The molecule has 1 aliphatic heterocycles. The van der Waals surface area contributed by atoms with E-state index in [1.54, 1.807) is 36.4 Å². The second-order valence-corrected chi connectivity index (χ2v) is 7.57. The summed E-state index contributed by atoms with van der Waals surface area (Å²) in [6.45, 7) is -0.377. The minimum absolute atomic E-state index is 0.277. The third kappa shape index (κ3) is 3.60. The van der Waals surface area contributed by atoms with Gasteiger partial charge >= 0.3 is 6.03 Å². The SMILES string of the molecule is O=C(CN1C(=O)N[C@](Cc2ccccc2)(c2ccccc2)C1=O)c1ccccc1Cl. The van der Waals surface area contributed by atoms with Crippen LogP contribution in [0.3, 0.4) is 0 Å². The van der Waals surface area contributed by atoms with E-state index in [1.165, 1.54) is 0 Å². The number of hydrogen-bond acceptors (Lipinski definition) is 3. The number of ketones is 1. The van der Waals surface area contributed by atoms with Gasteiger partial charge in [0.1, 0.15) is 0 Å². The Morgan fingerprint density at radius 3 is 2.13 bits per heavy atom. The third-order valence-electron chi connectivity index (χ3n) is 5.23. The number of halogens is 1. The fraction of sp³-hybridized carbons (Fsp3) is 0.125. The van der Waals surface area contributed by atoms with E-state index in [4.69, 9.17) is 11.6 Å². The van der Waals surface area contributed by atoms with Crippen molar-refractivity contribution in [2.45, 2.75) is 12.0 Å². The molecule has 30 heavy (non-hydrogen) atoms. The number of nitrogens with one attached hydrogen (secondary N) is 1. The van der Waals surface area contributed by atoms with Crippen molar-refractivity contribution in [2.75, 3.05) is 6.54 Å². The molecule has 1 saturated heterocycles. The zero-order chi connectivity index (χ0) is 21.1. The molecule has 0 bridgehead atoms. The molecule has 150 valence electrons. The van der Waals surface area contributed by atoms with Gasteiger partial charge in [-0.3, -0.25) is 14.5 Å². The zero-order valence-corrected chi connectivity index (χ0v) is 16.8. The van der Waals surface area contributed by atoms with Gasteiger partial charge in [0, 0.05) is 12.0 Å². The highest BCUT2D eigenvalue weighted by molar-refractivity contribution is 6.34. The summed E-state index contributed by atoms with van der Waals surface area (Å²) in [6.07, 6.45) is 0.277. The van der Waals surface area contributed by atoms with Crippen molar-refractivity contribution < 1.29 is 14.4 Å². The maximum Gasteiger partial charge on any atom is 0.325 e. The van der Waals surface area contributed by atoms with Crippen molar-refractivity contribution >= 4 is 29.3 Å².